The van der Waals surface area contributed by atoms with Gasteiger partial charge in [-0.3, -0.25) is 0 Å². The van der Waals surface area contributed by atoms with Gasteiger partial charge in [0.1, 0.15) is 17.2 Å². The van der Waals surface area contributed by atoms with Gasteiger partial charge in [0.05, 0.1) is 25.3 Å². The highest BCUT2D eigenvalue weighted by Crippen LogP contribution is 2.33. The molecule has 0 amide bonds. The van der Waals surface area contributed by atoms with Gasteiger partial charge in [-0.25, -0.2) is 9.97 Å². The van der Waals surface area contributed by atoms with Crippen LogP contribution in [-0.4, -0.2) is 24.2 Å². The van der Waals surface area contributed by atoms with E-state index in [-0.39, 0.29) is 0 Å². The average Bonchev–Trinajstić information content (AvgIpc) is 2.73. The summed E-state index contributed by atoms with van der Waals surface area (Å²) in [6.45, 7) is 0. The van der Waals surface area contributed by atoms with Crippen LogP contribution in [-0.2, 0) is 0 Å². The summed E-state index contributed by atoms with van der Waals surface area (Å²) < 4.78 is 10.7. The Morgan fingerprint density at radius 1 is 0.786 bits per heavy atom. The molecule has 1 heterocycles. The van der Waals surface area contributed by atoms with Crippen LogP contribution in [0, 0.1) is 0 Å². The summed E-state index contributed by atoms with van der Waals surface area (Å²) in [6, 6.07) is 20.9. The third kappa shape index (κ3) is 3.70. The summed E-state index contributed by atoms with van der Waals surface area (Å²) in [4.78, 5) is 9.61. The molecule has 28 heavy (non-hydrogen) atoms. The Morgan fingerprint density at radius 2 is 1.46 bits per heavy atom. The number of fused-ring (bicyclic) bond motifs is 1. The molecular weight excluding hydrogens is 374 g/mol. The summed E-state index contributed by atoms with van der Waals surface area (Å²) >= 11 is 6.20. The van der Waals surface area contributed by atoms with E-state index >= 15 is 0 Å². The van der Waals surface area contributed by atoms with Crippen LogP contribution in [0.15, 0.2) is 66.7 Å². The Balaban J connectivity index is 1.86. The highest BCUT2D eigenvalue weighted by molar-refractivity contribution is 6.30. The van der Waals surface area contributed by atoms with Gasteiger partial charge in [0.2, 0.25) is 0 Å². The van der Waals surface area contributed by atoms with Crippen LogP contribution in [0.4, 0.5) is 11.5 Å². The molecule has 3 aromatic carbocycles. The molecule has 0 radical (unpaired) electrons. The minimum Gasteiger partial charge on any atom is -0.497 e. The molecule has 0 saturated heterocycles. The first-order valence-electron chi connectivity index (χ1n) is 8.69. The van der Waals surface area contributed by atoms with Crippen molar-refractivity contribution in [2.24, 2.45) is 0 Å². The minimum atomic E-state index is 0.622. The molecule has 4 rings (SSSR count). The standard InChI is InChI=1S/C22H18ClN3O2/c1-27-17-11-16(12-18(13-17)28-2)24-22-21(14-6-5-7-15(23)10-14)25-19-8-3-4-9-20(19)26-22/h3-13H,1-2H3,(H,24,26). The van der Waals surface area contributed by atoms with Crippen LogP contribution in [0.3, 0.4) is 0 Å². The zero-order valence-corrected chi connectivity index (χ0v) is 16.2. The number of hydrogen-bond acceptors (Lipinski definition) is 5. The fraction of sp³-hybridized carbons (Fsp3) is 0.0909. The second-order valence-electron chi connectivity index (χ2n) is 6.15. The van der Waals surface area contributed by atoms with Crippen LogP contribution < -0.4 is 14.8 Å². The average molecular weight is 392 g/mol. The predicted molar refractivity (Wildman–Crippen MR) is 113 cm³/mol. The van der Waals surface area contributed by atoms with Crippen LogP contribution in [0.1, 0.15) is 0 Å². The molecule has 0 aliphatic rings. The molecule has 0 atom stereocenters. The third-order valence-electron chi connectivity index (χ3n) is 4.28. The van der Waals surface area contributed by atoms with E-state index in [1.165, 1.54) is 0 Å². The van der Waals surface area contributed by atoms with Crippen molar-refractivity contribution in [3.63, 3.8) is 0 Å². The summed E-state index contributed by atoms with van der Waals surface area (Å²) in [7, 11) is 3.23. The monoisotopic (exact) mass is 391 g/mol. The van der Waals surface area contributed by atoms with Gasteiger partial charge in [0, 0.05) is 34.5 Å². The van der Waals surface area contributed by atoms with Crippen LogP contribution in [0.2, 0.25) is 5.02 Å². The molecule has 0 spiro atoms. The number of aromatic nitrogens is 2. The van der Waals surface area contributed by atoms with Gasteiger partial charge < -0.3 is 14.8 Å². The first-order chi connectivity index (χ1) is 13.7. The molecule has 0 bridgehead atoms. The molecular formula is C22H18ClN3O2. The number of ether oxygens (including phenoxy) is 2. The molecule has 0 unspecified atom stereocenters. The van der Waals surface area contributed by atoms with E-state index in [1.807, 2.05) is 66.7 Å². The van der Waals surface area contributed by atoms with E-state index in [9.17, 15) is 0 Å². The Bertz CT molecular complexity index is 1130. The lowest BCUT2D eigenvalue weighted by molar-refractivity contribution is 0.395. The highest BCUT2D eigenvalue weighted by atomic mass is 35.5. The van der Waals surface area contributed by atoms with Gasteiger partial charge in [-0.15, -0.1) is 0 Å². The number of nitrogens with zero attached hydrogens (tertiary/aromatic N) is 2. The second kappa shape index (κ2) is 7.74. The van der Waals surface area contributed by atoms with Gasteiger partial charge in [0.25, 0.3) is 0 Å². The molecule has 0 saturated carbocycles. The molecule has 1 N–H and O–H groups in total. The Morgan fingerprint density at radius 3 is 2.11 bits per heavy atom. The summed E-state index contributed by atoms with van der Waals surface area (Å²) in [6.07, 6.45) is 0. The maximum Gasteiger partial charge on any atom is 0.157 e. The van der Waals surface area contributed by atoms with Crippen molar-refractivity contribution < 1.29 is 9.47 Å². The van der Waals surface area contributed by atoms with E-state index in [0.29, 0.717) is 28.0 Å². The largest absolute Gasteiger partial charge is 0.497 e. The number of hydrogen-bond donors (Lipinski definition) is 1. The van der Waals surface area contributed by atoms with E-state index < -0.39 is 0 Å². The van der Waals surface area contributed by atoms with E-state index in [4.69, 9.17) is 31.0 Å². The van der Waals surface area contributed by atoms with Crippen LogP contribution >= 0.6 is 11.6 Å². The lowest BCUT2D eigenvalue weighted by Crippen LogP contribution is -2.01. The quantitative estimate of drug-likeness (QED) is 0.472. The van der Waals surface area contributed by atoms with Crippen molar-refractivity contribution in [3.05, 3.63) is 71.8 Å². The fourth-order valence-corrected chi connectivity index (χ4v) is 3.13. The maximum atomic E-state index is 6.20. The van der Waals surface area contributed by atoms with Gasteiger partial charge in [-0.05, 0) is 24.3 Å². The van der Waals surface area contributed by atoms with Crippen molar-refractivity contribution in [1.82, 2.24) is 9.97 Å². The van der Waals surface area contributed by atoms with E-state index in [0.717, 1.165) is 22.3 Å². The Kier molecular flexibility index (Phi) is 5.00. The predicted octanol–water partition coefficient (Wildman–Crippen LogP) is 5.71. The molecule has 4 aromatic rings. The Labute approximate surface area is 167 Å². The Hall–Kier alpha value is -3.31. The maximum absolute atomic E-state index is 6.20. The molecule has 0 aliphatic heterocycles. The normalized spacial score (nSPS) is 10.7. The smallest absolute Gasteiger partial charge is 0.157 e. The number of halogens is 1. The molecule has 0 fully saturated rings. The fourth-order valence-electron chi connectivity index (χ4n) is 2.94. The van der Waals surface area contributed by atoms with Crippen LogP contribution in [0.25, 0.3) is 22.3 Å². The number of benzene rings is 3. The number of nitrogens with one attached hydrogen (secondary N) is 1. The third-order valence-corrected chi connectivity index (χ3v) is 4.52. The van der Waals surface area contributed by atoms with Crippen molar-refractivity contribution in [2.75, 3.05) is 19.5 Å². The molecule has 0 aliphatic carbocycles. The zero-order valence-electron chi connectivity index (χ0n) is 15.4. The lowest BCUT2D eigenvalue weighted by Gasteiger charge is -2.14. The van der Waals surface area contributed by atoms with Crippen molar-refractivity contribution in [1.29, 1.82) is 0 Å². The SMILES string of the molecule is COc1cc(Nc2nc3ccccc3nc2-c2cccc(Cl)c2)cc(OC)c1. The van der Waals surface area contributed by atoms with Crippen molar-refractivity contribution in [3.8, 4) is 22.8 Å². The van der Waals surface area contributed by atoms with E-state index in [2.05, 4.69) is 5.32 Å². The number of para-hydroxylation sites is 2. The topological polar surface area (TPSA) is 56.3 Å². The second-order valence-corrected chi connectivity index (χ2v) is 6.58. The minimum absolute atomic E-state index is 0.622. The summed E-state index contributed by atoms with van der Waals surface area (Å²) in [5.41, 5.74) is 3.98. The molecule has 1 aromatic heterocycles. The molecule has 140 valence electrons. The zero-order chi connectivity index (χ0) is 19.5. The first kappa shape index (κ1) is 18.1. The van der Waals surface area contributed by atoms with Gasteiger partial charge >= 0.3 is 0 Å². The summed E-state index contributed by atoms with van der Waals surface area (Å²) in [5.74, 6) is 1.98. The van der Waals surface area contributed by atoms with Crippen molar-refractivity contribution >= 4 is 34.1 Å². The highest BCUT2D eigenvalue weighted by Gasteiger charge is 2.13. The van der Waals surface area contributed by atoms with Gasteiger partial charge in [-0.1, -0.05) is 35.9 Å². The van der Waals surface area contributed by atoms with Crippen molar-refractivity contribution in [2.45, 2.75) is 0 Å². The lowest BCUT2D eigenvalue weighted by atomic mass is 10.1. The first-order valence-corrected chi connectivity index (χ1v) is 9.07. The molecule has 5 nitrogen and oxygen atoms in total. The number of methoxy groups -OCH3 is 2. The van der Waals surface area contributed by atoms with Gasteiger partial charge in [0.15, 0.2) is 5.82 Å². The number of anilines is 2. The van der Waals surface area contributed by atoms with E-state index in [1.54, 1.807) is 14.2 Å². The number of rotatable bonds is 5. The molecule has 6 heteroatoms. The van der Waals surface area contributed by atoms with Crippen LogP contribution in [0.5, 0.6) is 11.5 Å². The van der Waals surface area contributed by atoms with Gasteiger partial charge in [-0.2, -0.15) is 0 Å². The summed E-state index contributed by atoms with van der Waals surface area (Å²) in [5, 5.41) is 4.00.